The van der Waals surface area contributed by atoms with Crippen molar-refractivity contribution in [1.82, 2.24) is 23.6 Å². The molecule has 0 atom stereocenters. The zero-order valence-electron chi connectivity index (χ0n) is 26.5. The van der Waals surface area contributed by atoms with Crippen LogP contribution in [0.2, 0.25) is 15.5 Å². The normalized spacial score (nSPS) is 15.4. The highest BCUT2D eigenvalue weighted by molar-refractivity contribution is 9.10. The molecule has 0 radical (unpaired) electrons. The van der Waals surface area contributed by atoms with E-state index in [1.54, 1.807) is 18.3 Å². The Labute approximate surface area is 307 Å². The summed E-state index contributed by atoms with van der Waals surface area (Å²) in [6.07, 6.45) is 4.59. The molecule has 3 aromatic rings. The summed E-state index contributed by atoms with van der Waals surface area (Å²) in [5, 5.41) is 0.498. The molecule has 3 aromatic heterocycles. The second-order valence-corrected chi connectivity index (χ2v) is 17.7. The van der Waals surface area contributed by atoms with E-state index in [-0.39, 0.29) is 21.7 Å². The van der Waals surface area contributed by atoms with Gasteiger partial charge in [0.05, 0.1) is 28.3 Å². The van der Waals surface area contributed by atoms with Gasteiger partial charge < -0.3 is 15.0 Å². The number of rotatable bonds is 7. The highest BCUT2D eigenvalue weighted by Gasteiger charge is 2.52. The van der Waals surface area contributed by atoms with Crippen LogP contribution >= 0.6 is 66.7 Å². The van der Waals surface area contributed by atoms with Gasteiger partial charge in [-0.1, -0.05) is 34.8 Å². The second kappa shape index (κ2) is 16.5. The number of nitrogens with zero attached hydrogens (tertiary/aromatic N) is 5. The zero-order chi connectivity index (χ0) is 36.1. The van der Waals surface area contributed by atoms with E-state index >= 15 is 0 Å². The highest BCUT2D eigenvalue weighted by atomic mass is 79.9. The molecule has 0 saturated carbocycles. The highest BCUT2D eigenvalue weighted by Crippen LogP contribution is 2.36. The Balaban J connectivity index is 0.000000273. The Hall–Kier alpha value is -1.52. The molecule has 4 rings (SSSR count). The minimum atomic E-state index is -3.68. The first-order valence-corrected chi connectivity index (χ1v) is 18.8. The summed E-state index contributed by atoms with van der Waals surface area (Å²) >= 11 is 23.6. The summed E-state index contributed by atoms with van der Waals surface area (Å²) in [7, 11) is -2.21. The van der Waals surface area contributed by atoms with Crippen molar-refractivity contribution in [1.29, 1.82) is 0 Å². The number of pyridine rings is 3. The summed E-state index contributed by atoms with van der Waals surface area (Å²) in [6.45, 7) is 7.75. The van der Waals surface area contributed by atoms with E-state index in [1.165, 1.54) is 46.7 Å². The Kier molecular flexibility index (Phi) is 14.6. The fraction of sp³-hybridized carbons (Fsp3) is 0.400. The van der Waals surface area contributed by atoms with E-state index in [9.17, 15) is 16.8 Å². The van der Waals surface area contributed by atoms with Crippen molar-refractivity contribution in [2.24, 2.45) is 0 Å². The molecule has 14 nitrogen and oxygen atoms in total. The fourth-order valence-electron chi connectivity index (χ4n) is 3.04. The van der Waals surface area contributed by atoms with Crippen molar-refractivity contribution in [2.45, 2.75) is 38.9 Å². The second-order valence-electron chi connectivity index (χ2n) is 11.0. The first kappa shape index (κ1) is 41.7. The van der Waals surface area contributed by atoms with Crippen molar-refractivity contribution in [3.63, 3.8) is 0 Å². The quantitative estimate of drug-likeness (QED) is 0.215. The number of nitrogen functional groups attached to an aromatic ring is 1. The van der Waals surface area contributed by atoms with Gasteiger partial charge in [0.2, 0.25) is 0 Å². The molecule has 0 amide bonds. The summed E-state index contributed by atoms with van der Waals surface area (Å²) in [4.78, 5) is 11.6. The van der Waals surface area contributed by atoms with Gasteiger partial charge in [-0.2, -0.15) is 25.4 Å². The minimum absolute atomic E-state index is 0.0516. The van der Waals surface area contributed by atoms with Gasteiger partial charge in [0.15, 0.2) is 15.5 Å². The molecule has 4 N–H and O–H groups in total. The fourth-order valence-corrected chi connectivity index (χ4v) is 5.47. The van der Waals surface area contributed by atoms with E-state index < -0.39 is 38.7 Å². The molecule has 1 aliphatic heterocycles. The number of aromatic nitrogens is 3. The van der Waals surface area contributed by atoms with Gasteiger partial charge >= 0.3 is 27.5 Å². The maximum absolute atomic E-state index is 12.0. The Bertz CT molecular complexity index is 1780. The molecule has 1 saturated heterocycles. The smallest absolute Gasteiger partial charge is 0.399 e. The molecule has 1 aliphatic rings. The number of nitrogens with two attached hydrogens (primary N) is 1. The topological polar surface area (TPSA) is 182 Å². The Morgan fingerprint density at radius 3 is 1.51 bits per heavy atom. The third kappa shape index (κ3) is 11.8. The van der Waals surface area contributed by atoms with Crippen LogP contribution < -0.4 is 20.6 Å². The molecule has 260 valence electrons. The SMILES string of the molecule is CN(C)S(=O)(=O)Nc1cc(B2OC(C)(C)C(C)(C)O2)cnc1Cl.CN(C)S(=O)(=O)Nc1cc(Br)cnc1Cl.Nc1cc(Br)cnc1Cl. The zero-order valence-corrected chi connectivity index (χ0v) is 33.6. The van der Waals surface area contributed by atoms with Crippen LogP contribution in [0, 0.1) is 0 Å². The van der Waals surface area contributed by atoms with Crippen LogP contribution in [0.3, 0.4) is 0 Å². The van der Waals surface area contributed by atoms with E-state index in [1.807, 2.05) is 27.7 Å². The monoisotopic (exact) mass is 880 g/mol. The molecule has 47 heavy (non-hydrogen) atoms. The molecule has 0 spiro atoms. The number of hydrogen-bond acceptors (Lipinski definition) is 10. The largest absolute Gasteiger partial charge is 0.496 e. The van der Waals surface area contributed by atoms with Crippen LogP contribution in [-0.4, -0.2) is 86.9 Å². The van der Waals surface area contributed by atoms with Gasteiger partial charge in [-0.05, 0) is 77.8 Å². The number of hydrogen-bond donors (Lipinski definition) is 3. The maximum Gasteiger partial charge on any atom is 0.496 e. The van der Waals surface area contributed by atoms with Gasteiger partial charge in [-0.25, -0.2) is 15.0 Å². The van der Waals surface area contributed by atoms with Crippen molar-refractivity contribution in [2.75, 3.05) is 43.4 Å². The molecule has 0 aliphatic carbocycles. The summed E-state index contributed by atoms with van der Waals surface area (Å²) in [5.41, 5.74) is 5.89. The molecular formula is C25H34BBr2Cl3N8O6S2. The molecule has 22 heteroatoms. The van der Waals surface area contributed by atoms with Gasteiger partial charge in [0.25, 0.3) is 0 Å². The van der Waals surface area contributed by atoms with Gasteiger partial charge in [0, 0.05) is 61.2 Å². The van der Waals surface area contributed by atoms with E-state index in [4.69, 9.17) is 49.8 Å². The maximum atomic E-state index is 12.0. The van der Waals surface area contributed by atoms with Crippen molar-refractivity contribution >= 4 is 117 Å². The lowest BCUT2D eigenvalue weighted by molar-refractivity contribution is 0.00578. The van der Waals surface area contributed by atoms with E-state index in [0.29, 0.717) is 20.8 Å². The number of halogens is 5. The van der Waals surface area contributed by atoms with Crippen molar-refractivity contribution in [3.05, 3.63) is 61.2 Å². The van der Waals surface area contributed by atoms with Crippen molar-refractivity contribution in [3.8, 4) is 0 Å². The predicted molar refractivity (Wildman–Crippen MR) is 196 cm³/mol. The predicted octanol–water partition coefficient (Wildman–Crippen LogP) is 5.05. The standard InChI is InChI=1S/C13H21BClN3O4S.C7H9BrClN3O2S.C5H4BrClN2/c1-12(2)13(3,4)22-14(21-12)9-7-10(11(15)16-8-9)17-23(19,20)18(5)6;1-12(2)15(13,14)11-6-3-5(8)4-10-7(6)9;6-3-1-4(8)5(7)9-2-3/h7-8,17H,1-6H3;3-4,11H,1-2H3;1-2H,8H2. The molecule has 0 bridgehead atoms. The molecule has 0 unspecified atom stereocenters. The lowest BCUT2D eigenvalue weighted by Gasteiger charge is -2.32. The first-order valence-electron chi connectivity index (χ1n) is 13.2. The van der Waals surface area contributed by atoms with Crippen LogP contribution in [0.25, 0.3) is 0 Å². The molecular weight excluding hydrogens is 849 g/mol. The van der Waals surface area contributed by atoms with Crippen LogP contribution in [0.15, 0.2) is 45.7 Å². The molecule has 1 fully saturated rings. The van der Waals surface area contributed by atoms with Crippen molar-refractivity contribution < 1.29 is 26.1 Å². The average molecular weight is 884 g/mol. The number of nitrogens with one attached hydrogen (secondary N) is 2. The lowest BCUT2D eigenvalue weighted by Crippen LogP contribution is -2.41. The summed E-state index contributed by atoms with van der Waals surface area (Å²) in [6, 6.07) is 4.81. The molecule has 0 aromatic carbocycles. The van der Waals surface area contributed by atoms with Crippen LogP contribution in [0.5, 0.6) is 0 Å². The van der Waals surface area contributed by atoms with Crippen LogP contribution in [-0.2, 0) is 29.7 Å². The Morgan fingerprint density at radius 1 is 0.723 bits per heavy atom. The van der Waals surface area contributed by atoms with Gasteiger partial charge in [-0.3, -0.25) is 9.44 Å². The summed E-state index contributed by atoms with van der Waals surface area (Å²) in [5.74, 6) is 0. The molecule has 4 heterocycles. The van der Waals surface area contributed by atoms with Crippen LogP contribution in [0.4, 0.5) is 17.1 Å². The first-order chi connectivity index (χ1) is 21.4. The van der Waals surface area contributed by atoms with Gasteiger partial charge in [0.1, 0.15) is 0 Å². The minimum Gasteiger partial charge on any atom is -0.399 e. The number of anilines is 3. The average Bonchev–Trinajstić information content (AvgIpc) is 3.16. The lowest BCUT2D eigenvalue weighted by atomic mass is 9.80. The Morgan fingerprint density at radius 2 is 1.11 bits per heavy atom. The van der Waals surface area contributed by atoms with Gasteiger partial charge in [-0.15, -0.1) is 0 Å². The third-order valence-electron chi connectivity index (χ3n) is 6.46. The van der Waals surface area contributed by atoms with Crippen LogP contribution in [0.1, 0.15) is 27.7 Å². The third-order valence-corrected chi connectivity index (χ3v) is 11.1. The summed E-state index contributed by atoms with van der Waals surface area (Å²) < 4.78 is 67.0. The van der Waals surface area contributed by atoms with E-state index in [2.05, 4.69) is 56.3 Å². The van der Waals surface area contributed by atoms with E-state index in [0.717, 1.165) is 13.1 Å².